The van der Waals surface area contributed by atoms with E-state index in [1.807, 2.05) is 24.9 Å². The second-order valence-corrected chi connectivity index (χ2v) is 11.1. The van der Waals surface area contributed by atoms with Crippen molar-refractivity contribution in [2.45, 2.75) is 45.1 Å². The lowest BCUT2D eigenvalue weighted by Crippen LogP contribution is -2.48. The van der Waals surface area contributed by atoms with Crippen LogP contribution in [0.3, 0.4) is 0 Å². The Morgan fingerprint density at radius 1 is 1.03 bits per heavy atom. The summed E-state index contributed by atoms with van der Waals surface area (Å²) in [6, 6.07) is 5.97. The van der Waals surface area contributed by atoms with Crippen LogP contribution in [0.25, 0.3) is 0 Å². The third-order valence-electron chi connectivity index (χ3n) is 8.06. The highest BCUT2D eigenvalue weighted by Gasteiger charge is 2.44. The van der Waals surface area contributed by atoms with Crippen molar-refractivity contribution in [1.82, 2.24) is 19.9 Å². The van der Waals surface area contributed by atoms with E-state index in [1.54, 1.807) is 6.33 Å². The van der Waals surface area contributed by atoms with Crippen LogP contribution in [0.2, 0.25) is 0 Å². The maximum Gasteiger partial charge on any atom is 0.226 e. The van der Waals surface area contributed by atoms with Gasteiger partial charge in [-0.2, -0.15) is 9.97 Å². The standard InChI is InChI=1S/C27H32F2N8/c1-15-9-21(32-14-31-15)36-11-16-5-6-17(12-36)23(16)33-26-34-24(30-4)22-25(35-26)37(13-27(22,2)3)20-8-7-18(28)10-19(20)29/h7-10,14,16-17,23H,5-6,11-13H2,1-4H3,(H2,30,33,34,35)/t16-,17+,23?. The molecular formula is C27H32F2N8. The number of halogens is 2. The second kappa shape index (κ2) is 8.78. The van der Waals surface area contributed by atoms with E-state index < -0.39 is 11.6 Å². The Balaban J connectivity index is 1.31. The molecule has 2 fully saturated rings. The first-order valence-electron chi connectivity index (χ1n) is 12.9. The quantitative estimate of drug-likeness (QED) is 0.518. The highest BCUT2D eigenvalue weighted by Crippen LogP contribution is 2.47. The molecule has 10 heteroatoms. The molecule has 3 aliphatic rings. The SMILES string of the molecule is CNc1nc(NC2[C@@H]3CC[C@H]2CN(c2cc(C)ncn2)C3)nc2c1C(C)(C)CN2c1ccc(F)cc1F. The van der Waals surface area contributed by atoms with Gasteiger partial charge < -0.3 is 20.4 Å². The fraction of sp³-hybridized carbons (Fsp3) is 0.481. The molecule has 8 nitrogen and oxygen atoms in total. The minimum atomic E-state index is -0.604. The molecule has 2 bridgehead atoms. The van der Waals surface area contributed by atoms with E-state index >= 15 is 0 Å². The Bertz CT molecular complexity index is 1330. The Labute approximate surface area is 215 Å². The molecule has 0 amide bonds. The molecule has 2 aliphatic heterocycles. The van der Waals surface area contributed by atoms with Crippen LogP contribution in [0.5, 0.6) is 0 Å². The van der Waals surface area contributed by atoms with E-state index in [1.165, 1.54) is 12.1 Å². The first kappa shape index (κ1) is 23.8. The summed E-state index contributed by atoms with van der Waals surface area (Å²) in [5.74, 6) is 2.56. The van der Waals surface area contributed by atoms with Gasteiger partial charge in [-0.25, -0.2) is 18.7 Å². The Kier molecular flexibility index (Phi) is 5.65. The van der Waals surface area contributed by atoms with Crippen LogP contribution in [0, 0.1) is 30.4 Å². The largest absolute Gasteiger partial charge is 0.373 e. The zero-order valence-corrected chi connectivity index (χ0v) is 21.6. The van der Waals surface area contributed by atoms with Crippen LogP contribution in [-0.4, -0.2) is 52.7 Å². The van der Waals surface area contributed by atoms with Gasteiger partial charge in [0.2, 0.25) is 5.95 Å². The first-order valence-corrected chi connectivity index (χ1v) is 12.9. The van der Waals surface area contributed by atoms with Gasteiger partial charge in [0.25, 0.3) is 0 Å². The zero-order chi connectivity index (χ0) is 25.9. The van der Waals surface area contributed by atoms with Crippen molar-refractivity contribution in [2.24, 2.45) is 11.8 Å². The van der Waals surface area contributed by atoms with Crippen LogP contribution in [-0.2, 0) is 5.41 Å². The van der Waals surface area contributed by atoms with E-state index in [0.29, 0.717) is 35.8 Å². The van der Waals surface area contributed by atoms with E-state index in [0.717, 1.165) is 54.9 Å². The number of anilines is 5. The number of nitrogens with zero attached hydrogens (tertiary/aromatic N) is 6. The highest BCUT2D eigenvalue weighted by atomic mass is 19.1. The topological polar surface area (TPSA) is 82.1 Å². The van der Waals surface area contributed by atoms with Crippen molar-refractivity contribution in [3.05, 3.63) is 53.5 Å². The van der Waals surface area contributed by atoms with Gasteiger partial charge in [0, 0.05) is 61.5 Å². The number of aromatic nitrogens is 4. The molecule has 2 N–H and O–H groups in total. The fourth-order valence-electron chi connectivity index (χ4n) is 6.37. The maximum atomic E-state index is 14.8. The number of hydrogen-bond acceptors (Lipinski definition) is 8. The predicted molar refractivity (Wildman–Crippen MR) is 141 cm³/mol. The Morgan fingerprint density at radius 3 is 2.46 bits per heavy atom. The van der Waals surface area contributed by atoms with Crippen molar-refractivity contribution < 1.29 is 8.78 Å². The van der Waals surface area contributed by atoms with Gasteiger partial charge in [0.05, 0.1) is 5.69 Å². The molecule has 2 aromatic heterocycles. The zero-order valence-electron chi connectivity index (χ0n) is 21.6. The molecule has 194 valence electrons. The fourth-order valence-corrected chi connectivity index (χ4v) is 6.37. The van der Waals surface area contributed by atoms with Crippen molar-refractivity contribution in [2.75, 3.05) is 47.1 Å². The lowest BCUT2D eigenvalue weighted by atomic mass is 9.88. The van der Waals surface area contributed by atoms with E-state index in [-0.39, 0.29) is 11.5 Å². The molecule has 1 saturated carbocycles. The highest BCUT2D eigenvalue weighted by molar-refractivity contribution is 5.76. The molecule has 1 aliphatic carbocycles. The van der Waals surface area contributed by atoms with Crippen molar-refractivity contribution in [3.63, 3.8) is 0 Å². The number of aryl methyl sites for hydroxylation is 1. The molecule has 4 heterocycles. The number of piperidine rings is 1. The van der Waals surface area contributed by atoms with E-state index in [9.17, 15) is 8.78 Å². The third kappa shape index (κ3) is 4.12. The van der Waals surface area contributed by atoms with Crippen molar-refractivity contribution >= 4 is 29.1 Å². The van der Waals surface area contributed by atoms with E-state index in [2.05, 4.69) is 39.3 Å². The molecule has 3 atom stereocenters. The molecular weight excluding hydrogens is 474 g/mol. The molecule has 0 radical (unpaired) electrons. The molecule has 37 heavy (non-hydrogen) atoms. The molecule has 1 aromatic carbocycles. The number of hydrogen-bond donors (Lipinski definition) is 2. The lowest BCUT2D eigenvalue weighted by Gasteiger charge is -2.39. The summed E-state index contributed by atoms with van der Waals surface area (Å²) in [5.41, 5.74) is 1.89. The minimum absolute atomic E-state index is 0.243. The Morgan fingerprint density at radius 2 is 1.78 bits per heavy atom. The second-order valence-electron chi connectivity index (χ2n) is 11.1. The monoisotopic (exact) mass is 506 g/mol. The minimum Gasteiger partial charge on any atom is -0.373 e. The van der Waals surface area contributed by atoms with Crippen LogP contribution >= 0.6 is 0 Å². The summed E-state index contributed by atoms with van der Waals surface area (Å²) in [4.78, 5) is 22.7. The van der Waals surface area contributed by atoms with Gasteiger partial charge >= 0.3 is 0 Å². The first-order chi connectivity index (χ1) is 17.7. The molecule has 0 spiro atoms. The summed E-state index contributed by atoms with van der Waals surface area (Å²) in [6.45, 7) is 8.51. The van der Waals surface area contributed by atoms with Crippen LogP contribution in [0.4, 0.5) is 37.9 Å². The van der Waals surface area contributed by atoms with Gasteiger partial charge in [0.1, 0.15) is 35.4 Å². The van der Waals surface area contributed by atoms with E-state index in [4.69, 9.17) is 9.97 Å². The smallest absolute Gasteiger partial charge is 0.226 e. The number of benzene rings is 1. The van der Waals surface area contributed by atoms with Crippen molar-refractivity contribution in [3.8, 4) is 0 Å². The average Bonchev–Trinajstić information content (AvgIpc) is 3.24. The summed E-state index contributed by atoms with van der Waals surface area (Å²) < 4.78 is 28.5. The summed E-state index contributed by atoms with van der Waals surface area (Å²) in [6.07, 6.45) is 3.89. The van der Waals surface area contributed by atoms with Crippen LogP contribution in [0.15, 0.2) is 30.6 Å². The van der Waals surface area contributed by atoms with Crippen molar-refractivity contribution in [1.29, 1.82) is 0 Å². The number of fused-ring (bicyclic) bond motifs is 3. The third-order valence-corrected chi connectivity index (χ3v) is 8.06. The molecule has 3 aromatic rings. The van der Waals surface area contributed by atoms with Gasteiger partial charge in [-0.15, -0.1) is 0 Å². The summed E-state index contributed by atoms with van der Waals surface area (Å²) in [7, 11) is 1.84. The molecule has 1 saturated heterocycles. The Hall–Kier alpha value is -3.56. The predicted octanol–water partition coefficient (Wildman–Crippen LogP) is 4.65. The molecule has 6 rings (SSSR count). The molecule has 1 unspecified atom stereocenters. The van der Waals surface area contributed by atoms with Gasteiger partial charge in [-0.3, -0.25) is 0 Å². The summed E-state index contributed by atoms with van der Waals surface area (Å²) in [5, 5.41) is 6.89. The number of rotatable bonds is 5. The van der Waals surface area contributed by atoms with Crippen LogP contribution < -0.4 is 20.4 Å². The van der Waals surface area contributed by atoms with Crippen LogP contribution in [0.1, 0.15) is 37.9 Å². The summed E-state index contributed by atoms with van der Waals surface area (Å²) >= 11 is 0. The van der Waals surface area contributed by atoms with Gasteiger partial charge in [-0.1, -0.05) is 13.8 Å². The lowest BCUT2D eigenvalue weighted by molar-refractivity contribution is 0.375. The van der Waals surface area contributed by atoms with Gasteiger partial charge in [-0.05, 0) is 43.7 Å². The number of nitrogens with one attached hydrogen (secondary N) is 2. The van der Waals surface area contributed by atoms with Gasteiger partial charge in [0.15, 0.2) is 0 Å². The maximum absolute atomic E-state index is 14.8. The normalized spacial score (nSPS) is 23.8. The average molecular weight is 507 g/mol.